The second kappa shape index (κ2) is 7.16. The molecule has 2 aromatic rings. The molecule has 130 valence electrons. The molecule has 2 N–H and O–H groups in total. The number of hydrogen-bond acceptors (Lipinski definition) is 4. The molecule has 3 rings (SSSR count). The van der Waals surface area contributed by atoms with E-state index in [4.69, 9.17) is 9.47 Å². The number of urea groups is 1. The number of imide groups is 1. The number of nitrogens with one attached hydrogen (secondary N) is 2. The number of ether oxygens (including phenoxy) is 2. The van der Waals surface area contributed by atoms with Crippen molar-refractivity contribution >= 4 is 11.9 Å². The van der Waals surface area contributed by atoms with Gasteiger partial charge in [-0.2, -0.15) is 0 Å². The molecule has 0 saturated carbocycles. The Morgan fingerprint density at radius 3 is 2.44 bits per heavy atom. The second-order valence-electron chi connectivity index (χ2n) is 5.26. The number of fused-ring (bicyclic) bond motifs is 1. The van der Waals surface area contributed by atoms with Crippen molar-refractivity contribution in [1.82, 2.24) is 10.6 Å². The van der Waals surface area contributed by atoms with E-state index in [2.05, 4.69) is 5.32 Å². The molecular formula is C17H14F2N2O4. The molecule has 1 aliphatic heterocycles. The van der Waals surface area contributed by atoms with Crippen LogP contribution in [-0.4, -0.2) is 31.2 Å². The number of amides is 3. The first-order valence-corrected chi connectivity index (χ1v) is 7.46. The van der Waals surface area contributed by atoms with Crippen LogP contribution in [0.3, 0.4) is 0 Å². The molecule has 2 aromatic carbocycles. The first-order chi connectivity index (χ1) is 12.0. The molecule has 6 nitrogen and oxygen atoms in total. The summed E-state index contributed by atoms with van der Waals surface area (Å²) in [5.74, 6) is -2.12. The average Bonchev–Trinajstić information content (AvgIpc) is 2.59. The van der Waals surface area contributed by atoms with Crippen molar-refractivity contribution in [3.63, 3.8) is 0 Å². The summed E-state index contributed by atoms with van der Waals surface area (Å²) in [7, 11) is 0. The molecule has 0 unspecified atom stereocenters. The Labute approximate surface area is 141 Å². The standard InChI is InChI=1S/C17H14F2N2O4/c18-11-4-3-5-12(19)15(11)16(22)21-17(23)20-8-10-9-24-13-6-1-2-7-14(13)25-10/h1-7,10H,8-9H2,(H2,20,21,22,23)/t10-/m0/s1. The minimum Gasteiger partial charge on any atom is -0.486 e. The first kappa shape index (κ1) is 16.7. The van der Waals surface area contributed by atoms with Gasteiger partial charge in [0.05, 0.1) is 6.54 Å². The van der Waals surface area contributed by atoms with Crippen LogP contribution < -0.4 is 20.1 Å². The van der Waals surface area contributed by atoms with Crippen LogP contribution in [0.2, 0.25) is 0 Å². The lowest BCUT2D eigenvalue weighted by Crippen LogP contribution is -2.46. The molecule has 0 saturated heterocycles. The number of halogens is 2. The fourth-order valence-electron chi connectivity index (χ4n) is 2.29. The van der Waals surface area contributed by atoms with Crippen LogP contribution in [0.5, 0.6) is 11.5 Å². The molecule has 1 aliphatic rings. The smallest absolute Gasteiger partial charge is 0.321 e. The van der Waals surface area contributed by atoms with Crippen molar-refractivity contribution in [2.24, 2.45) is 0 Å². The summed E-state index contributed by atoms with van der Waals surface area (Å²) in [6.45, 7) is 0.264. The lowest BCUT2D eigenvalue weighted by Gasteiger charge is -2.26. The number of hydrogen-bond donors (Lipinski definition) is 2. The Morgan fingerprint density at radius 1 is 1.04 bits per heavy atom. The van der Waals surface area contributed by atoms with E-state index in [1.54, 1.807) is 18.2 Å². The fraction of sp³-hybridized carbons (Fsp3) is 0.176. The Balaban J connectivity index is 1.53. The molecular weight excluding hydrogens is 334 g/mol. The van der Waals surface area contributed by atoms with E-state index in [0.717, 1.165) is 18.2 Å². The van der Waals surface area contributed by atoms with Gasteiger partial charge in [-0.3, -0.25) is 10.1 Å². The van der Waals surface area contributed by atoms with Crippen molar-refractivity contribution in [1.29, 1.82) is 0 Å². The second-order valence-corrected chi connectivity index (χ2v) is 5.26. The highest BCUT2D eigenvalue weighted by Crippen LogP contribution is 2.30. The number of benzene rings is 2. The van der Waals surface area contributed by atoms with Gasteiger partial charge in [0.15, 0.2) is 17.6 Å². The van der Waals surface area contributed by atoms with E-state index in [-0.39, 0.29) is 13.2 Å². The van der Waals surface area contributed by atoms with Gasteiger partial charge in [-0.1, -0.05) is 18.2 Å². The highest BCUT2D eigenvalue weighted by atomic mass is 19.1. The van der Waals surface area contributed by atoms with Gasteiger partial charge in [-0.25, -0.2) is 13.6 Å². The third-order valence-corrected chi connectivity index (χ3v) is 3.47. The van der Waals surface area contributed by atoms with Gasteiger partial charge in [0.25, 0.3) is 5.91 Å². The lowest BCUT2D eigenvalue weighted by atomic mass is 10.2. The highest BCUT2D eigenvalue weighted by Gasteiger charge is 2.23. The largest absolute Gasteiger partial charge is 0.486 e. The Hall–Kier alpha value is -3.16. The topological polar surface area (TPSA) is 76.7 Å². The summed E-state index contributed by atoms with van der Waals surface area (Å²) in [5.41, 5.74) is -0.816. The number of carbonyl (C=O) groups is 2. The van der Waals surface area contributed by atoms with Crippen molar-refractivity contribution in [2.45, 2.75) is 6.10 Å². The zero-order valence-electron chi connectivity index (χ0n) is 12.9. The summed E-state index contributed by atoms with van der Waals surface area (Å²) in [6, 6.07) is 9.17. The monoisotopic (exact) mass is 348 g/mol. The van der Waals surface area contributed by atoms with Crippen LogP contribution in [-0.2, 0) is 0 Å². The Bertz CT molecular complexity index is 793. The van der Waals surface area contributed by atoms with E-state index < -0.39 is 35.2 Å². The fourth-order valence-corrected chi connectivity index (χ4v) is 2.29. The maximum atomic E-state index is 13.5. The maximum absolute atomic E-state index is 13.5. The van der Waals surface area contributed by atoms with Gasteiger partial charge in [-0.05, 0) is 24.3 Å². The number of carbonyl (C=O) groups excluding carboxylic acids is 2. The molecule has 8 heteroatoms. The molecule has 0 bridgehead atoms. The summed E-state index contributed by atoms with van der Waals surface area (Å²) in [5, 5.41) is 4.27. The molecule has 25 heavy (non-hydrogen) atoms. The molecule has 0 spiro atoms. The third kappa shape index (κ3) is 3.85. The molecule has 0 aromatic heterocycles. The van der Waals surface area contributed by atoms with Crippen molar-refractivity contribution in [3.8, 4) is 11.5 Å². The van der Waals surface area contributed by atoms with Gasteiger partial charge in [0, 0.05) is 0 Å². The van der Waals surface area contributed by atoms with E-state index in [0.29, 0.717) is 11.5 Å². The van der Waals surface area contributed by atoms with Crippen LogP contribution in [0.1, 0.15) is 10.4 Å². The minimum absolute atomic E-state index is 0.0488. The number of rotatable bonds is 3. The predicted octanol–water partition coefficient (Wildman–Crippen LogP) is 2.24. The highest BCUT2D eigenvalue weighted by molar-refractivity contribution is 6.04. The summed E-state index contributed by atoms with van der Waals surface area (Å²) in [4.78, 5) is 23.6. The van der Waals surface area contributed by atoms with Gasteiger partial charge >= 0.3 is 6.03 Å². The molecule has 1 heterocycles. The van der Waals surface area contributed by atoms with Gasteiger partial charge in [-0.15, -0.1) is 0 Å². The third-order valence-electron chi connectivity index (χ3n) is 3.47. The first-order valence-electron chi connectivity index (χ1n) is 7.46. The minimum atomic E-state index is -1.17. The zero-order valence-corrected chi connectivity index (χ0v) is 12.9. The van der Waals surface area contributed by atoms with E-state index in [1.807, 2.05) is 11.4 Å². The van der Waals surface area contributed by atoms with Crippen molar-refractivity contribution in [3.05, 3.63) is 59.7 Å². The summed E-state index contributed by atoms with van der Waals surface area (Å²) >= 11 is 0. The van der Waals surface area contributed by atoms with Crippen molar-refractivity contribution in [2.75, 3.05) is 13.2 Å². The molecule has 0 fully saturated rings. The van der Waals surface area contributed by atoms with E-state index in [9.17, 15) is 18.4 Å². The zero-order chi connectivity index (χ0) is 17.8. The number of para-hydroxylation sites is 2. The Kier molecular flexibility index (Phi) is 4.78. The van der Waals surface area contributed by atoms with E-state index >= 15 is 0 Å². The summed E-state index contributed by atoms with van der Waals surface area (Å²) < 4.78 is 38.1. The lowest BCUT2D eigenvalue weighted by molar-refractivity contribution is 0.0898. The maximum Gasteiger partial charge on any atom is 0.321 e. The molecule has 3 amide bonds. The average molecular weight is 348 g/mol. The van der Waals surface area contributed by atoms with Crippen LogP contribution in [0.4, 0.5) is 13.6 Å². The van der Waals surface area contributed by atoms with Crippen LogP contribution >= 0.6 is 0 Å². The van der Waals surface area contributed by atoms with Crippen LogP contribution in [0, 0.1) is 11.6 Å². The van der Waals surface area contributed by atoms with E-state index in [1.165, 1.54) is 0 Å². The van der Waals surface area contributed by atoms with Crippen LogP contribution in [0.25, 0.3) is 0 Å². The summed E-state index contributed by atoms with van der Waals surface area (Å²) in [6.07, 6.45) is -0.457. The molecule has 0 aliphatic carbocycles. The Morgan fingerprint density at radius 2 is 1.72 bits per heavy atom. The van der Waals surface area contributed by atoms with Crippen LogP contribution in [0.15, 0.2) is 42.5 Å². The van der Waals surface area contributed by atoms with Gasteiger partial charge in [0.2, 0.25) is 0 Å². The predicted molar refractivity (Wildman–Crippen MR) is 83.6 cm³/mol. The van der Waals surface area contributed by atoms with Gasteiger partial charge < -0.3 is 14.8 Å². The SMILES string of the molecule is O=C(NC[C@H]1COc2ccccc2O1)NC(=O)c1c(F)cccc1F. The quantitative estimate of drug-likeness (QED) is 0.892. The molecule has 0 radical (unpaired) electrons. The van der Waals surface area contributed by atoms with Crippen molar-refractivity contribution < 1.29 is 27.8 Å². The van der Waals surface area contributed by atoms with Gasteiger partial charge in [0.1, 0.15) is 23.8 Å². The normalized spacial score (nSPS) is 15.4. The molecule has 1 atom stereocenters.